The number of hydrogen-bond donors (Lipinski definition) is 0. The van der Waals surface area contributed by atoms with Crippen molar-refractivity contribution in [3.8, 4) is 5.75 Å². The number of amides is 1. The summed E-state index contributed by atoms with van der Waals surface area (Å²) in [6.07, 6.45) is 0. The molecule has 1 amide bonds. The van der Waals surface area contributed by atoms with Crippen molar-refractivity contribution in [1.29, 1.82) is 0 Å². The highest BCUT2D eigenvalue weighted by Gasteiger charge is 2.25. The molecule has 0 bridgehead atoms. The third-order valence-corrected chi connectivity index (χ3v) is 6.09. The molecule has 2 heterocycles. The van der Waals surface area contributed by atoms with Crippen molar-refractivity contribution < 1.29 is 13.9 Å². The fraction of sp³-hybridized carbons (Fsp3) is 0.238. The molecule has 4 aromatic rings. The zero-order chi connectivity index (χ0) is 20.5. The molecule has 158 valence electrons. The van der Waals surface area contributed by atoms with Gasteiger partial charge in [0.05, 0.1) is 16.8 Å². The van der Waals surface area contributed by atoms with Crippen LogP contribution in [0.5, 0.6) is 5.75 Å². The third-order valence-electron chi connectivity index (χ3n) is 4.55. The molecule has 9 heteroatoms. The number of ether oxygens (including phenoxy) is 1. The Morgan fingerprint density at radius 2 is 1.97 bits per heavy atom. The van der Waals surface area contributed by atoms with Gasteiger partial charge in [-0.1, -0.05) is 41.1 Å². The second-order valence-corrected chi connectivity index (χ2v) is 8.22. The van der Waals surface area contributed by atoms with Crippen molar-refractivity contribution in [1.82, 2.24) is 9.88 Å². The van der Waals surface area contributed by atoms with Crippen LogP contribution in [0.25, 0.3) is 21.2 Å². The van der Waals surface area contributed by atoms with Gasteiger partial charge in [0.25, 0.3) is 5.91 Å². The van der Waals surface area contributed by atoms with Crippen LogP contribution < -0.4 is 9.64 Å². The average molecular weight is 466 g/mol. The molecule has 0 N–H and O–H groups in total. The number of benzene rings is 2. The lowest BCUT2D eigenvalue weighted by Gasteiger charge is -2.20. The van der Waals surface area contributed by atoms with Crippen molar-refractivity contribution in [3.05, 3.63) is 53.2 Å². The molecule has 30 heavy (non-hydrogen) atoms. The predicted octanol–water partition coefficient (Wildman–Crippen LogP) is 5.33. The van der Waals surface area contributed by atoms with E-state index in [1.807, 2.05) is 43.3 Å². The fourth-order valence-electron chi connectivity index (χ4n) is 3.03. The first kappa shape index (κ1) is 22.4. The number of nitrogens with zero attached hydrogens (tertiary/aromatic N) is 3. The zero-order valence-corrected chi connectivity index (χ0v) is 19.1. The monoisotopic (exact) mass is 465 g/mol. The number of carbonyl (C=O) groups is 1. The van der Waals surface area contributed by atoms with Gasteiger partial charge in [0.1, 0.15) is 16.8 Å². The van der Waals surface area contributed by atoms with Crippen LogP contribution in [-0.2, 0) is 0 Å². The molecule has 4 rings (SSSR count). The van der Waals surface area contributed by atoms with E-state index >= 15 is 0 Å². The molecule has 6 nitrogen and oxygen atoms in total. The molecule has 0 fully saturated rings. The number of hydrogen-bond acceptors (Lipinski definition) is 6. The Morgan fingerprint density at radius 1 is 1.20 bits per heavy atom. The zero-order valence-electron chi connectivity index (χ0n) is 16.7. The highest BCUT2D eigenvalue weighted by molar-refractivity contribution is 7.23. The molecule has 0 spiro atoms. The van der Waals surface area contributed by atoms with Crippen LogP contribution in [0.1, 0.15) is 10.6 Å². The highest BCUT2D eigenvalue weighted by atomic mass is 35.5. The maximum absolute atomic E-state index is 13.4. The molecule has 0 aliphatic heterocycles. The summed E-state index contributed by atoms with van der Waals surface area (Å²) < 4.78 is 12.0. The van der Waals surface area contributed by atoms with Gasteiger partial charge in [-0.25, -0.2) is 4.98 Å². The van der Waals surface area contributed by atoms with E-state index in [9.17, 15) is 4.79 Å². The van der Waals surface area contributed by atoms with Gasteiger partial charge >= 0.3 is 0 Å². The Hall–Kier alpha value is -2.32. The SMILES string of the molecule is COc1ccc(Cl)c2sc(N(CCN(C)C)C(=O)c3cc4ccccc4o3)nc12.Cl. The molecule has 0 saturated carbocycles. The normalized spacial score (nSPS) is 11.1. The lowest BCUT2D eigenvalue weighted by molar-refractivity contribution is 0.0960. The van der Waals surface area contributed by atoms with Crippen molar-refractivity contribution >= 4 is 67.6 Å². The van der Waals surface area contributed by atoms with Gasteiger partial charge in [-0.05, 0) is 38.4 Å². The summed E-state index contributed by atoms with van der Waals surface area (Å²) in [7, 11) is 5.51. The van der Waals surface area contributed by atoms with E-state index in [-0.39, 0.29) is 24.1 Å². The van der Waals surface area contributed by atoms with Crippen molar-refractivity contribution in [2.24, 2.45) is 0 Å². The Kier molecular flexibility index (Phi) is 6.88. The lowest BCUT2D eigenvalue weighted by atomic mass is 10.2. The van der Waals surface area contributed by atoms with Crippen molar-refractivity contribution in [2.75, 3.05) is 39.2 Å². The summed E-state index contributed by atoms with van der Waals surface area (Å²) in [5, 5.41) is 2.02. The van der Waals surface area contributed by atoms with Crippen LogP contribution in [0.3, 0.4) is 0 Å². The van der Waals surface area contributed by atoms with E-state index < -0.39 is 0 Å². The standard InChI is InChI=1S/C21H20ClN3O3S.ClH/c1-24(2)10-11-25(20(26)17-12-13-6-4-5-7-15(13)28-17)21-23-18-16(27-3)9-8-14(22)19(18)29-21;/h4-9,12H,10-11H2,1-3H3;1H. The summed E-state index contributed by atoms with van der Waals surface area (Å²) >= 11 is 7.73. The number of halogens is 2. The first-order valence-corrected chi connectivity index (χ1v) is 10.3. The maximum Gasteiger partial charge on any atom is 0.295 e. The van der Waals surface area contributed by atoms with E-state index in [2.05, 4.69) is 4.98 Å². The van der Waals surface area contributed by atoms with Crippen LogP contribution in [0.2, 0.25) is 5.02 Å². The molecule has 0 aliphatic rings. The quantitative estimate of drug-likeness (QED) is 0.384. The molecular formula is C21H21Cl2N3O3S. The van der Waals surface area contributed by atoms with Gasteiger partial charge in [-0.3, -0.25) is 9.69 Å². The number of aromatic nitrogens is 1. The molecule has 0 aliphatic carbocycles. The minimum absolute atomic E-state index is 0. The van der Waals surface area contributed by atoms with Crippen LogP contribution in [0.4, 0.5) is 5.13 Å². The molecule has 0 unspecified atom stereocenters. The Bertz CT molecular complexity index is 1160. The van der Waals surface area contributed by atoms with Gasteiger partial charge in [0.2, 0.25) is 0 Å². The largest absolute Gasteiger partial charge is 0.494 e. The number of rotatable bonds is 6. The smallest absolute Gasteiger partial charge is 0.295 e. The Labute approximate surface area is 189 Å². The number of methoxy groups -OCH3 is 1. The summed E-state index contributed by atoms with van der Waals surface area (Å²) in [5.74, 6) is 0.662. The van der Waals surface area contributed by atoms with E-state index in [1.54, 1.807) is 30.2 Å². The van der Waals surface area contributed by atoms with Crippen molar-refractivity contribution in [2.45, 2.75) is 0 Å². The molecule has 0 atom stereocenters. The number of thiazole rings is 1. The van der Waals surface area contributed by atoms with E-state index in [1.165, 1.54) is 11.3 Å². The van der Waals surface area contributed by atoms with Gasteiger partial charge in [0, 0.05) is 18.5 Å². The molecule has 0 saturated heterocycles. The van der Waals surface area contributed by atoms with Crippen LogP contribution in [0, 0.1) is 0 Å². The Balaban J connectivity index is 0.00000256. The summed E-state index contributed by atoms with van der Waals surface area (Å²) in [6, 6.07) is 12.9. The summed E-state index contributed by atoms with van der Waals surface area (Å²) in [4.78, 5) is 21.7. The molecule has 2 aromatic carbocycles. The number of carbonyl (C=O) groups excluding carboxylic acids is 1. The maximum atomic E-state index is 13.4. The molecule has 2 aromatic heterocycles. The first-order valence-electron chi connectivity index (χ1n) is 9.06. The minimum Gasteiger partial charge on any atom is -0.494 e. The third kappa shape index (κ3) is 4.25. The predicted molar refractivity (Wildman–Crippen MR) is 125 cm³/mol. The van der Waals surface area contributed by atoms with Gasteiger partial charge in [0.15, 0.2) is 10.9 Å². The molecule has 0 radical (unpaired) electrons. The molecular weight excluding hydrogens is 445 g/mol. The van der Waals surface area contributed by atoms with Crippen LogP contribution >= 0.6 is 35.3 Å². The van der Waals surface area contributed by atoms with E-state index in [4.69, 9.17) is 20.8 Å². The number of anilines is 1. The van der Waals surface area contributed by atoms with Gasteiger partial charge in [-0.2, -0.15) is 0 Å². The minimum atomic E-state index is -0.239. The average Bonchev–Trinajstić information content (AvgIpc) is 3.33. The van der Waals surface area contributed by atoms with E-state index in [0.717, 1.165) is 10.1 Å². The number of furan rings is 1. The lowest BCUT2D eigenvalue weighted by Crippen LogP contribution is -2.36. The second kappa shape index (κ2) is 9.22. The second-order valence-electron chi connectivity index (χ2n) is 6.83. The number of fused-ring (bicyclic) bond motifs is 2. The van der Waals surface area contributed by atoms with Gasteiger partial charge in [-0.15, -0.1) is 12.4 Å². The highest BCUT2D eigenvalue weighted by Crippen LogP contribution is 2.39. The first-order chi connectivity index (χ1) is 14.0. The number of likely N-dealkylation sites (N-methyl/N-ethyl adjacent to an activating group) is 1. The fourth-order valence-corrected chi connectivity index (χ4v) is 4.31. The van der Waals surface area contributed by atoms with E-state index in [0.29, 0.717) is 40.1 Å². The summed E-state index contributed by atoms with van der Waals surface area (Å²) in [6.45, 7) is 1.13. The topological polar surface area (TPSA) is 58.8 Å². The van der Waals surface area contributed by atoms with Crippen LogP contribution in [-0.4, -0.2) is 50.1 Å². The summed E-state index contributed by atoms with van der Waals surface area (Å²) in [5.41, 5.74) is 1.32. The number of para-hydroxylation sites is 1. The van der Waals surface area contributed by atoms with Crippen LogP contribution in [0.15, 0.2) is 46.9 Å². The van der Waals surface area contributed by atoms with Gasteiger partial charge < -0.3 is 14.1 Å². The van der Waals surface area contributed by atoms with Crippen molar-refractivity contribution in [3.63, 3.8) is 0 Å². The Morgan fingerprint density at radius 3 is 2.67 bits per heavy atom.